The van der Waals surface area contributed by atoms with E-state index in [0.29, 0.717) is 13.0 Å². The molecular weight excluding hydrogens is 322 g/mol. The second-order valence-electron chi connectivity index (χ2n) is 5.86. The molecule has 2 aromatic heterocycles. The molecule has 0 spiro atoms. The van der Waals surface area contributed by atoms with Crippen LogP contribution in [0.1, 0.15) is 34.8 Å². The number of pyridine rings is 1. The van der Waals surface area contributed by atoms with Gasteiger partial charge in [0, 0.05) is 18.3 Å². The fourth-order valence-electron chi connectivity index (χ4n) is 2.71. The van der Waals surface area contributed by atoms with Gasteiger partial charge in [-0.05, 0) is 31.5 Å². The van der Waals surface area contributed by atoms with E-state index in [9.17, 15) is 19.5 Å². The van der Waals surface area contributed by atoms with Crippen molar-refractivity contribution in [1.82, 2.24) is 14.5 Å². The molecule has 25 heavy (non-hydrogen) atoms. The highest BCUT2D eigenvalue weighted by Crippen LogP contribution is 2.22. The topological polar surface area (TPSA) is 105 Å². The molecule has 2 N–H and O–H groups in total. The largest absolute Gasteiger partial charge is 0.507 e. The van der Waals surface area contributed by atoms with Gasteiger partial charge in [-0.15, -0.1) is 0 Å². The number of fused-ring (bicyclic) bond motifs is 1. The Morgan fingerprint density at radius 1 is 1.28 bits per heavy atom. The molecule has 0 unspecified atom stereocenters. The summed E-state index contributed by atoms with van der Waals surface area (Å²) < 4.78 is 1.37. The zero-order chi connectivity index (χ0) is 18.1. The number of nitrogens with zero attached hydrogens (tertiary/aromatic N) is 2. The normalized spacial score (nSPS) is 11.0. The van der Waals surface area contributed by atoms with Crippen molar-refractivity contribution in [1.29, 1.82) is 0 Å². The van der Waals surface area contributed by atoms with Crippen molar-refractivity contribution >= 4 is 16.8 Å². The maximum Gasteiger partial charge on any atom is 0.329 e. The number of H-pyrrole nitrogens is 1. The molecule has 0 atom stereocenters. The van der Waals surface area contributed by atoms with Gasteiger partial charge in [0.05, 0.1) is 10.9 Å². The monoisotopic (exact) mass is 339 g/mol. The number of carbonyl (C=O) groups is 1. The SMILES string of the molecule is CCCn1c(=O)[nH]c(=O)c2cc(C(=O)c3cc(C)ccc3O)cnc21. The zero-order valence-corrected chi connectivity index (χ0v) is 13.9. The van der Waals surface area contributed by atoms with Gasteiger partial charge in [0.1, 0.15) is 11.4 Å². The second kappa shape index (κ2) is 6.35. The number of carbonyl (C=O) groups excluding carboxylic acids is 1. The summed E-state index contributed by atoms with van der Waals surface area (Å²) in [4.78, 5) is 43.1. The summed E-state index contributed by atoms with van der Waals surface area (Å²) in [5, 5.41) is 10.1. The number of phenolic OH excluding ortho intramolecular Hbond substituents is 1. The van der Waals surface area contributed by atoms with Gasteiger partial charge in [-0.25, -0.2) is 9.78 Å². The number of benzene rings is 1. The minimum atomic E-state index is -0.594. The molecule has 0 saturated heterocycles. The molecule has 3 aromatic rings. The molecule has 128 valence electrons. The third kappa shape index (κ3) is 2.96. The molecule has 7 heteroatoms. The van der Waals surface area contributed by atoms with Crippen molar-refractivity contribution in [3.05, 3.63) is 68.0 Å². The minimum Gasteiger partial charge on any atom is -0.507 e. The molecule has 3 rings (SSSR count). The van der Waals surface area contributed by atoms with E-state index in [4.69, 9.17) is 0 Å². The molecule has 0 saturated carbocycles. The molecule has 0 aliphatic rings. The van der Waals surface area contributed by atoms with Crippen LogP contribution >= 0.6 is 0 Å². The van der Waals surface area contributed by atoms with E-state index < -0.39 is 17.0 Å². The van der Waals surface area contributed by atoms with Gasteiger partial charge >= 0.3 is 5.69 Å². The van der Waals surface area contributed by atoms with Crippen LogP contribution in [0.25, 0.3) is 11.0 Å². The summed E-state index contributed by atoms with van der Waals surface area (Å²) >= 11 is 0. The highest BCUT2D eigenvalue weighted by Gasteiger charge is 2.17. The standard InChI is InChI=1S/C18H17N3O4/c1-3-6-21-16-13(17(24)20-18(21)25)8-11(9-19-16)15(23)12-7-10(2)4-5-14(12)22/h4-5,7-9,22H,3,6H2,1-2H3,(H,20,24,25). The number of hydrogen-bond donors (Lipinski definition) is 2. The summed E-state index contributed by atoms with van der Waals surface area (Å²) in [6, 6.07) is 6.11. The van der Waals surface area contributed by atoms with Crippen molar-refractivity contribution in [3.8, 4) is 5.75 Å². The van der Waals surface area contributed by atoms with E-state index in [1.54, 1.807) is 12.1 Å². The van der Waals surface area contributed by atoms with E-state index in [2.05, 4.69) is 9.97 Å². The summed E-state index contributed by atoms with van der Waals surface area (Å²) in [5.74, 6) is -0.580. The van der Waals surface area contributed by atoms with Crippen LogP contribution < -0.4 is 11.2 Å². The molecule has 0 radical (unpaired) electrons. The molecule has 0 aliphatic carbocycles. The van der Waals surface area contributed by atoms with Crippen molar-refractivity contribution in [3.63, 3.8) is 0 Å². The average Bonchev–Trinajstić information content (AvgIpc) is 2.59. The Bertz CT molecular complexity index is 1100. The smallest absolute Gasteiger partial charge is 0.329 e. The van der Waals surface area contributed by atoms with Gasteiger partial charge in [-0.1, -0.05) is 18.6 Å². The molecule has 0 fully saturated rings. The first-order valence-electron chi connectivity index (χ1n) is 7.89. The summed E-state index contributed by atoms with van der Waals surface area (Å²) in [5.41, 5.74) is 0.246. The molecular formula is C18H17N3O4. The quantitative estimate of drug-likeness (QED) is 0.705. The van der Waals surface area contributed by atoms with Crippen LogP contribution in [0.15, 0.2) is 40.1 Å². The van der Waals surface area contributed by atoms with Crippen LogP contribution in [0.2, 0.25) is 0 Å². The van der Waals surface area contributed by atoms with Gasteiger partial charge < -0.3 is 5.11 Å². The highest BCUT2D eigenvalue weighted by molar-refractivity contribution is 6.11. The number of aromatic hydroxyl groups is 1. The van der Waals surface area contributed by atoms with Gasteiger partial charge in [-0.3, -0.25) is 19.1 Å². The van der Waals surface area contributed by atoms with Crippen LogP contribution in [0.4, 0.5) is 0 Å². The number of ketones is 1. The van der Waals surface area contributed by atoms with Gasteiger partial charge in [0.15, 0.2) is 5.78 Å². The second-order valence-corrected chi connectivity index (χ2v) is 5.86. The maximum absolute atomic E-state index is 12.7. The molecule has 0 amide bonds. The Balaban J connectivity index is 2.19. The molecule has 0 bridgehead atoms. The van der Waals surface area contributed by atoms with Crippen LogP contribution in [0.3, 0.4) is 0 Å². The summed E-state index contributed by atoms with van der Waals surface area (Å²) in [6.45, 7) is 4.12. The van der Waals surface area contributed by atoms with Crippen molar-refractivity contribution < 1.29 is 9.90 Å². The lowest BCUT2D eigenvalue weighted by Gasteiger charge is -2.09. The number of aryl methyl sites for hydroxylation is 2. The van der Waals surface area contributed by atoms with E-state index in [-0.39, 0.29) is 27.9 Å². The van der Waals surface area contributed by atoms with Crippen molar-refractivity contribution in [2.24, 2.45) is 0 Å². The first kappa shape index (κ1) is 16.6. The van der Waals surface area contributed by atoms with Gasteiger partial charge in [-0.2, -0.15) is 0 Å². The number of hydrogen-bond acceptors (Lipinski definition) is 5. The molecule has 7 nitrogen and oxygen atoms in total. The van der Waals surface area contributed by atoms with E-state index in [1.807, 2.05) is 13.8 Å². The first-order valence-corrected chi connectivity index (χ1v) is 7.89. The van der Waals surface area contributed by atoms with E-state index >= 15 is 0 Å². The molecule has 2 heterocycles. The third-order valence-corrected chi connectivity index (χ3v) is 3.94. The average molecular weight is 339 g/mol. The Morgan fingerprint density at radius 2 is 2.04 bits per heavy atom. The predicted octanol–water partition coefficient (Wildman–Crippen LogP) is 1.74. The lowest BCUT2D eigenvalue weighted by atomic mass is 10.0. The lowest BCUT2D eigenvalue weighted by Crippen LogP contribution is -2.31. The lowest BCUT2D eigenvalue weighted by molar-refractivity contribution is 0.103. The minimum absolute atomic E-state index is 0.138. The Kier molecular flexibility index (Phi) is 4.22. The third-order valence-electron chi connectivity index (χ3n) is 3.94. The number of aromatic nitrogens is 3. The van der Waals surface area contributed by atoms with E-state index in [0.717, 1.165) is 5.56 Å². The highest BCUT2D eigenvalue weighted by atomic mass is 16.3. The molecule has 0 aliphatic heterocycles. The zero-order valence-electron chi connectivity index (χ0n) is 13.9. The first-order chi connectivity index (χ1) is 11.9. The molecule has 1 aromatic carbocycles. The summed E-state index contributed by atoms with van der Waals surface area (Å²) in [7, 11) is 0. The Labute approximate surface area is 142 Å². The number of aromatic amines is 1. The van der Waals surface area contributed by atoms with E-state index in [1.165, 1.54) is 22.9 Å². The number of nitrogens with one attached hydrogen (secondary N) is 1. The fourth-order valence-corrected chi connectivity index (χ4v) is 2.71. The summed E-state index contributed by atoms with van der Waals surface area (Å²) in [6.07, 6.45) is 2.01. The Hall–Kier alpha value is -3.22. The maximum atomic E-state index is 12.7. The van der Waals surface area contributed by atoms with Gasteiger partial charge in [0.2, 0.25) is 0 Å². The van der Waals surface area contributed by atoms with Crippen LogP contribution in [-0.2, 0) is 6.54 Å². The predicted molar refractivity (Wildman–Crippen MR) is 93.2 cm³/mol. The van der Waals surface area contributed by atoms with Crippen LogP contribution in [0.5, 0.6) is 5.75 Å². The van der Waals surface area contributed by atoms with Crippen LogP contribution in [0, 0.1) is 6.92 Å². The fraction of sp³-hybridized carbons (Fsp3) is 0.222. The Morgan fingerprint density at radius 3 is 2.76 bits per heavy atom. The number of rotatable bonds is 4. The van der Waals surface area contributed by atoms with Crippen molar-refractivity contribution in [2.45, 2.75) is 26.8 Å². The number of phenols is 1. The van der Waals surface area contributed by atoms with Gasteiger partial charge in [0.25, 0.3) is 5.56 Å². The van der Waals surface area contributed by atoms with Crippen molar-refractivity contribution in [2.75, 3.05) is 0 Å². The van der Waals surface area contributed by atoms with Crippen LogP contribution in [-0.4, -0.2) is 25.4 Å².